The summed E-state index contributed by atoms with van der Waals surface area (Å²) in [7, 11) is 0. The zero-order valence-corrected chi connectivity index (χ0v) is 11.5. The molecule has 1 aromatic heterocycles. The average molecular weight is 252 g/mol. The van der Waals surface area contributed by atoms with E-state index in [4.69, 9.17) is 10.2 Å². The van der Waals surface area contributed by atoms with Gasteiger partial charge in [-0.15, -0.1) is 0 Å². The molecule has 0 bridgehead atoms. The molecule has 0 aliphatic carbocycles. The van der Waals surface area contributed by atoms with Crippen LogP contribution in [0.5, 0.6) is 0 Å². The summed E-state index contributed by atoms with van der Waals surface area (Å²) in [6, 6.07) is 3.82. The molecule has 2 unspecified atom stereocenters. The van der Waals surface area contributed by atoms with Crippen LogP contribution in [-0.4, -0.2) is 11.9 Å². The summed E-state index contributed by atoms with van der Waals surface area (Å²) in [5.74, 6) is 0.871. The van der Waals surface area contributed by atoms with Crippen LogP contribution in [0.2, 0.25) is 0 Å². The third-order valence-electron chi connectivity index (χ3n) is 3.07. The van der Waals surface area contributed by atoms with Gasteiger partial charge >= 0.3 is 0 Å². The number of amides is 1. The average Bonchev–Trinajstić information content (AvgIpc) is 2.81. The highest BCUT2D eigenvalue weighted by Gasteiger charge is 2.17. The monoisotopic (exact) mass is 252 g/mol. The van der Waals surface area contributed by atoms with Gasteiger partial charge in [0.05, 0.1) is 12.3 Å². The quantitative estimate of drug-likeness (QED) is 0.783. The highest BCUT2D eigenvalue weighted by molar-refractivity contribution is 5.78. The molecule has 1 rings (SSSR count). The molecule has 0 saturated heterocycles. The summed E-state index contributed by atoms with van der Waals surface area (Å²) >= 11 is 0. The van der Waals surface area contributed by atoms with Gasteiger partial charge < -0.3 is 15.5 Å². The smallest absolute Gasteiger partial charge is 0.223 e. The Morgan fingerprint density at radius 3 is 2.67 bits per heavy atom. The number of rotatable bonds is 7. The maximum Gasteiger partial charge on any atom is 0.223 e. The van der Waals surface area contributed by atoms with E-state index in [1.165, 1.54) is 0 Å². The summed E-state index contributed by atoms with van der Waals surface area (Å²) in [6.45, 7) is 5.86. The van der Waals surface area contributed by atoms with Crippen molar-refractivity contribution in [2.45, 2.75) is 52.1 Å². The normalized spacial score (nSPS) is 16.0. The molecule has 0 radical (unpaired) electrons. The van der Waals surface area contributed by atoms with E-state index < -0.39 is 0 Å². The highest BCUT2D eigenvalue weighted by atomic mass is 16.3. The first kappa shape index (κ1) is 14.8. The molecule has 18 heavy (non-hydrogen) atoms. The Hall–Kier alpha value is -1.29. The predicted octanol–water partition coefficient (Wildman–Crippen LogP) is 2.61. The summed E-state index contributed by atoms with van der Waals surface area (Å²) in [5, 5.41) is 2.96. The minimum Gasteiger partial charge on any atom is -0.467 e. The zero-order chi connectivity index (χ0) is 13.5. The second-order valence-electron chi connectivity index (χ2n) is 5.05. The Kier molecular flexibility index (Phi) is 5.92. The lowest BCUT2D eigenvalue weighted by Gasteiger charge is -2.16. The Bertz CT molecular complexity index is 347. The van der Waals surface area contributed by atoms with Crippen LogP contribution >= 0.6 is 0 Å². The molecule has 0 spiro atoms. The van der Waals surface area contributed by atoms with Gasteiger partial charge in [0, 0.05) is 12.0 Å². The molecule has 102 valence electrons. The number of furan rings is 1. The number of carbonyl (C=O) groups excluding carboxylic acids is 1. The van der Waals surface area contributed by atoms with Gasteiger partial charge in [-0.3, -0.25) is 4.79 Å². The molecular weight excluding hydrogens is 228 g/mol. The fourth-order valence-electron chi connectivity index (χ4n) is 1.84. The lowest BCUT2D eigenvalue weighted by molar-refractivity contribution is -0.125. The van der Waals surface area contributed by atoms with Crippen molar-refractivity contribution in [1.29, 1.82) is 0 Å². The van der Waals surface area contributed by atoms with Crippen molar-refractivity contribution in [3.8, 4) is 0 Å². The van der Waals surface area contributed by atoms with Gasteiger partial charge in [0.25, 0.3) is 0 Å². The van der Waals surface area contributed by atoms with E-state index >= 15 is 0 Å². The Balaban J connectivity index is 2.31. The Morgan fingerprint density at radius 2 is 2.11 bits per heavy atom. The third-order valence-corrected chi connectivity index (χ3v) is 3.07. The molecule has 3 N–H and O–H groups in total. The van der Waals surface area contributed by atoms with Gasteiger partial charge in [0.2, 0.25) is 5.91 Å². The molecule has 0 aromatic carbocycles. The first-order valence-corrected chi connectivity index (χ1v) is 6.60. The van der Waals surface area contributed by atoms with Crippen LogP contribution < -0.4 is 11.1 Å². The van der Waals surface area contributed by atoms with Crippen molar-refractivity contribution in [3.05, 3.63) is 24.2 Å². The second-order valence-corrected chi connectivity index (χ2v) is 5.05. The summed E-state index contributed by atoms with van der Waals surface area (Å²) in [5.41, 5.74) is 5.69. The van der Waals surface area contributed by atoms with E-state index in [1.54, 1.807) is 6.26 Å². The second kappa shape index (κ2) is 7.21. The van der Waals surface area contributed by atoms with Crippen LogP contribution in [-0.2, 0) is 4.79 Å². The zero-order valence-electron chi connectivity index (χ0n) is 11.5. The first-order chi connectivity index (χ1) is 8.50. The van der Waals surface area contributed by atoms with Crippen molar-refractivity contribution >= 4 is 5.91 Å². The van der Waals surface area contributed by atoms with Gasteiger partial charge in [-0.05, 0) is 38.8 Å². The highest BCUT2D eigenvalue weighted by Crippen LogP contribution is 2.15. The largest absolute Gasteiger partial charge is 0.467 e. The van der Waals surface area contributed by atoms with Crippen molar-refractivity contribution in [2.24, 2.45) is 11.7 Å². The number of nitrogens with one attached hydrogen (secondary N) is 1. The van der Waals surface area contributed by atoms with E-state index in [-0.39, 0.29) is 23.9 Å². The number of nitrogens with two attached hydrogens (primary N) is 1. The molecule has 4 nitrogen and oxygen atoms in total. The van der Waals surface area contributed by atoms with Crippen molar-refractivity contribution in [3.63, 3.8) is 0 Å². The Labute approximate surface area is 109 Å². The maximum atomic E-state index is 11.9. The summed E-state index contributed by atoms with van der Waals surface area (Å²) in [4.78, 5) is 11.9. The summed E-state index contributed by atoms with van der Waals surface area (Å²) < 4.78 is 5.26. The van der Waals surface area contributed by atoms with Crippen LogP contribution in [0.3, 0.4) is 0 Å². The molecule has 0 aliphatic rings. The van der Waals surface area contributed by atoms with Gasteiger partial charge in [-0.1, -0.05) is 13.3 Å². The SMILES string of the molecule is CC(N)CCCC(C)C(=O)N[C@H](C)c1ccco1. The van der Waals surface area contributed by atoms with Crippen LogP contribution in [0.4, 0.5) is 0 Å². The van der Waals surface area contributed by atoms with Gasteiger partial charge in [0.1, 0.15) is 5.76 Å². The Morgan fingerprint density at radius 1 is 1.39 bits per heavy atom. The number of hydrogen-bond donors (Lipinski definition) is 2. The molecular formula is C14H24N2O2. The fraction of sp³-hybridized carbons (Fsp3) is 0.643. The van der Waals surface area contributed by atoms with E-state index in [1.807, 2.05) is 32.9 Å². The molecule has 0 saturated carbocycles. The van der Waals surface area contributed by atoms with E-state index in [0.29, 0.717) is 0 Å². The molecule has 0 fully saturated rings. The molecule has 1 aromatic rings. The predicted molar refractivity (Wildman–Crippen MR) is 71.9 cm³/mol. The lowest BCUT2D eigenvalue weighted by atomic mass is 10.0. The molecule has 4 heteroatoms. The van der Waals surface area contributed by atoms with Gasteiger partial charge in [-0.25, -0.2) is 0 Å². The van der Waals surface area contributed by atoms with Crippen LogP contribution in [0.1, 0.15) is 51.8 Å². The lowest BCUT2D eigenvalue weighted by Crippen LogP contribution is -2.31. The minimum absolute atomic E-state index is 0.0150. The number of carbonyl (C=O) groups is 1. The molecule has 1 amide bonds. The minimum atomic E-state index is -0.0802. The van der Waals surface area contributed by atoms with Gasteiger partial charge in [-0.2, -0.15) is 0 Å². The maximum absolute atomic E-state index is 11.9. The van der Waals surface area contributed by atoms with Crippen molar-refractivity contribution in [1.82, 2.24) is 5.32 Å². The molecule has 0 aliphatic heterocycles. The van der Waals surface area contributed by atoms with Crippen LogP contribution in [0, 0.1) is 5.92 Å². The standard InChI is InChI=1S/C14H24N2O2/c1-10(6-4-7-11(2)15)14(17)16-12(3)13-8-5-9-18-13/h5,8-12H,4,6-7,15H2,1-3H3,(H,16,17)/t10?,11?,12-/m1/s1. The van der Waals surface area contributed by atoms with Crippen molar-refractivity contribution < 1.29 is 9.21 Å². The fourth-order valence-corrected chi connectivity index (χ4v) is 1.84. The van der Waals surface area contributed by atoms with E-state index in [0.717, 1.165) is 25.0 Å². The molecule has 1 heterocycles. The third kappa shape index (κ3) is 4.92. The first-order valence-electron chi connectivity index (χ1n) is 6.60. The van der Waals surface area contributed by atoms with Crippen molar-refractivity contribution in [2.75, 3.05) is 0 Å². The van der Waals surface area contributed by atoms with Crippen LogP contribution in [0.15, 0.2) is 22.8 Å². The van der Waals surface area contributed by atoms with E-state index in [9.17, 15) is 4.79 Å². The topological polar surface area (TPSA) is 68.3 Å². The van der Waals surface area contributed by atoms with Crippen LogP contribution in [0.25, 0.3) is 0 Å². The number of hydrogen-bond acceptors (Lipinski definition) is 3. The van der Waals surface area contributed by atoms with E-state index in [2.05, 4.69) is 5.32 Å². The van der Waals surface area contributed by atoms with Gasteiger partial charge in [0.15, 0.2) is 0 Å². The summed E-state index contributed by atoms with van der Waals surface area (Å²) in [6.07, 6.45) is 4.44. The molecule has 3 atom stereocenters.